The number of carbonyl (C=O) groups is 1. The molecule has 0 aliphatic rings. The van der Waals surface area contributed by atoms with Crippen LogP contribution >= 0.6 is 0 Å². The van der Waals surface area contributed by atoms with E-state index in [4.69, 9.17) is 9.15 Å². The summed E-state index contributed by atoms with van der Waals surface area (Å²) in [7, 11) is 0. The Morgan fingerprint density at radius 2 is 1.91 bits per heavy atom. The Morgan fingerprint density at radius 1 is 1.23 bits per heavy atom. The topological polar surface area (TPSA) is 52.3 Å². The zero-order chi connectivity index (χ0) is 16.2. The molecule has 0 fully saturated rings. The molecular formula is C15H14F3NO3. The van der Waals surface area contributed by atoms with Crippen LogP contribution < -0.4 is 0 Å². The molecule has 4 nitrogen and oxygen atoms in total. The third-order valence-electron chi connectivity index (χ3n) is 2.93. The highest BCUT2D eigenvalue weighted by Gasteiger charge is 2.29. The number of alkyl halides is 3. The summed E-state index contributed by atoms with van der Waals surface area (Å²) in [5, 5.41) is 0. The van der Waals surface area contributed by atoms with Crippen LogP contribution in [0.1, 0.15) is 29.6 Å². The van der Waals surface area contributed by atoms with Crippen molar-refractivity contribution < 1.29 is 27.1 Å². The van der Waals surface area contributed by atoms with Crippen LogP contribution in [-0.4, -0.2) is 11.0 Å². The number of carbonyl (C=O) groups excluding carboxylic acids is 1. The molecule has 118 valence electrons. The Morgan fingerprint density at radius 3 is 2.50 bits per heavy atom. The second kappa shape index (κ2) is 6.64. The molecule has 2 aromatic rings. The molecule has 1 heterocycles. The van der Waals surface area contributed by atoms with Gasteiger partial charge in [-0.25, -0.2) is 4.98 Å². The van der Waals surface area contributed by atoms with Crippen LogP contribution in [-0.2, 0) is 35.2 Å². The van der Waals surface area contributed by atoms with Gasteiger partial charge in [0.2, 0.25) is 0 Å². The van der Waals surface area contributed by atoms with Crippen molar-refractivity contribution in [3.63, 3.8) is 0 Å². The summed E-state index contributed by atoms with van der Waals surface area (Å²) in [4.78, 5) is 14.8. The molecule has 0 spiro atoms. The van der Waals surface area contributed by atoms with E-state index in [1.807, 2.05) is 0 Å². The van der Waals surface area contributed by atoms with Crippen molar-refractivity contribution in [1.82, 2.24) is 4.98 Å². The summed E-state index contributed by atoms with van der Waals surface area (Å²) in [6.07, 6.45) is -1.98. The monoisotopic (exact) mass is 313 g/mol. The minimum atomic E-state index is -4.33. The van der Waals surface area contributed by atoms with Gasteiger partial charge in [-0.1, -0.05) is 12.1 Å². The number of esters is 1. The largest absolute Gasteiger partial charge is 0.459 e. The van der Waals surface area contributed by atoms with E-state index in [0.29, 0.717) is 24.4 Å². The van der Waals surface area contributed by atoms with Crippen LogP contribution in [0.4, 0.5) is 13.2 Å². The second-order valence-corrected chi connectivity index (χ2v) is 4.71. The number of aromatic nitrogens is 1. The van der Waals surface area contributed by atoms with Gasteiger partial charge >= 0.3 is 12.1 Å². The van der Waals surface area contributed by atoms with Gasteiger partial charge < -0.3 is 9.15 Å². The molecule has 0 atom stereocenters. The minimum Gasteiger partial charge on any atom is -0.459 e. The van der Waals surface area contributed by atoms with Crippen molar-refractivity contribution in [3.8, 4) is 0 Å². The Hall–Kier alpha value is -2.31. The first-order chi connectivity index (χ1) is 10.3. The second-order valence-electron chi connectivity index (χ2n) is 4.71. The summed E-state index contributed by atoms with van der Waals surface area (Å²) in [6.45, 7) is 1.34. The van der Waals surface area contributed by atoms with Gasteiger partial charge in [-0.2, -0.15) is 13.2 Å². The van der Waals surface area contributed by atoms with E-state index in [2.05, 4.69) is 4.98 Å². The molecule has 0 unspecified atom stereocenters. The van der Waals surface area contributed by atoms with E-state index in [1.54, 1.807) is 0 Å². The molecule has 7 heteroatoms. The van der Waals surface area contributed by atoms with Gasteiger partial charge in [-0.05, 0) is 24.1 Å². The van der Waals surface area contributed by atoms with Crippen LogP contribution in [0, 0.1) is 0 Å². The predicted octanol–water partition coefficient (Wildman–Crippen LogP) is 3.54. The summed E-state index contributed by atoms with van der Waals surface area (Å²) >= 11 is 0. The van der Waals surface area contributed by atoms with Crippen LogP contribution in [0.25, 0.3) is 0 Å². The third kappa shape index (κ3) is 4.61. The van der Waals surface area contributed by atoms with Crippen molar-refractivity contribution >= 4 is 5.97 Å². The molecular weight excluding hydrogens is 299 g/mol. The van der Waals surface area contributed by atoms with E-state index >= 15 is 0 Å². The fourth-order valence-corrected chi connectivity index (χ4v) is 1.82. The number of aryl methyl sites for hydroxylation is 2. The van der Waals surface area contributed by atoms with Crippen molar-refractivity contribution in [2.45, 2.75) is 32.5 Å². The zero-order valence-electron chi connectivity index (χ0n) is 11.8. The van der Waals surface area contributed by atoms with Crippen molar-refractivity contribution in [3.05, 3.63) is 53.2 Å². The summed E-state index contributed by atoms with van der Waals surface area (Å²) in [5.41, 5.74) is 0.585. The predicted molar refractivity (Wildman–Crippen MR) is 70.8 cm³/mol. The average Bonchev–Trinajstić information content (AvgIpc) is 2.90. The van der Waals surface area contributed by atoms with Crippen molar-refractivity contribution in [1.29, 1.82) is 0 Å². The van der Waals surface area contributed by atoms with Gasteiger partial charge in [-0.3, -0.25) is 4.79 Å². The maximum absolute atomic E-state index is 12.4. The first-order valence-electron chi connectivity index (χ1n) is 6.57. The third-order valence-corrected chi connectivity index (χ3v) is 2.93. The fraction of sp³-hybridized carbons (Fsp3) is 0.333. The lowest BCUT2D eigenvalue weighted by Gasteiger charge is -2.07. The molecule has 2 rings (SSSR count). The summed E-state index contributed by atoms with van der Waals surface area (Å²) < 4.78 is 47.3. The van der Waals surface area contributed by atoms with Gasteiger partial charge in [0.25, 0.3) is 0 Å². The van der Waals surface area contributed by atoms with Crippen molar-refractivity contribution in [2.75, 3.05) is 0 Å². The number of halogens is 3. The van der Waals surface area contributed by atoms with Gasteiger partial charge in [0, 0.05) is 13.3 Å². The lowest BCUT2D eigenvalue weighted by atomic mass is 10.1. The Bertz CT molecular complexity index is 632. The van der Waals surface area contributed by atoms with E-state index in [0.717, 1.165) is 17.7 Å². The normalized spacial score (nSPS) is 11.5. The number of hydrogen-bond donors (Lipinski definition) is 0. The van der Waals surface area contributed by atoms with E-state index < -0.39 is 17.7 Å². The molecule has 0 bridgehead atoms. The number of ether oxygens (including phenoxy) is 1. The lowest BCUT2D eigenvalue weighted by Crippen LogP contribution is -2.04. The Kier molecular flexibility index (Phi) is 4.85. The molecule has 0 saturated carbocycles. The standard InChI is InChI=1S/C15H14F3NO3/c1-10(20)21-8-13-9-22-14(19-13)7-4-11-2-5-12(6-3-11)15(16,17)18/h2-3,5-6,9H,4,7-8H2,1H3. The van der Waals surface area contributed by atoms with Gasteiger partial charge in [-0.15, -0.1) is 0 Å². The highest BCUT2D eigenvalue weighted by atomic mass is 19.4. The molecule has 1 aromatic heterocycles. The number of rotatable bonds is 5. The van der Waals surface area contributed by atoms with Crippen molar-refractivity contribution in [2.24, 2.45) is 0 Å². The van der Waals surface area contributed by atoms with Crippen LogP contribution in [0.3, 0.4) is 0 Å². The Labute approximate surface area is 124 Å². The van der Waals surface area contributed by atoms with Crippen LogP contribution in [0.2, 0.25) is 0 Å². The first-order valence-corrected chi connectivity index (χ1v) is 6.57. The highest BCUT2D eigenvalue weighted by Crippen LogP contribution is 2.29. The highest BCUT2D eigenvalue weighted by molar-refractivity contribution is 5.65. The quantitative estimate of drug-likeness (QED) is 0.792. The van der Waals surface area contributed by atoms with Crippen LogP contribution in [0.5, 0.6) is 0 Å². The lowest BCUT2D eigenvalue weighted by molar-refractivity contribution is -0.142. The first kappa shape index (κ1) is 16.1. The fourth-order valence-electron chi connectivity index (χ4n) is 1.82. The molecule has 0 aliphatic heterocycles. The molecule has 22 heavy (non-hydrogen) atoms. The smallest absolute Gasteiger partial charge is 0.416 e. The summed E-state index contributed by atoms with van der Waals surface area (Å²) in [6, 6.07) is 4.98. The maximum atomic E-state index is 12.4. The number of nitrogens with zero attached hydrogens (tertiary/aromatic N) is 1. The molecule has 1 aromatic carbocycles. The van der Waals surface area contributed by atoms with Gasteiger partial charge in [0.1, 0.15) is 18.6 Å². The van der Waals surface area contributed by atoms with Crippen LogP contribution in [0.15, 0.2) is 34.9 Å². The SMILES string of the molecule is CC(=O)OCc1coc(CCc2ccc(C(F)(F)F)cc2)n1. The molecule has 0 amide bonds. The zero-order valence-corrected chi connectivity index (χ0v) is 11.8. The summed E-state index contributed by atoms with van der Waals surface area (Å²) in [5.74, 6) is 0.0383. The number of hydrogen-bond acceptors (Lipinski definition) is 4. The van der Waals surface area contributed by atoms with Gasteiger partial charge in [0.15, 0.2) is 5.89 Å². The number of benzene rings is 1. The molecule has 0 saturated heterocycles. The van der Waals surface area contributed by atoms with E-state index in [9.17, 15) is 18.0 Å². The molecule has 0 aliphatic carbocycles. The minimum absolute atomic E-state index is 0.0408. The average molecular weight is 313 g/mol. The van der Waals surface area contributed by atoms with E-state index in [1.165, 1.54) is 25.3 Å². The number of oxazole rings is 1. The van der Waals surface area contributed by atoms with Gasteiger partial charge in [0.05, 0.1) is 5.56 Å². The van der Waals surface area contributed by atoms with E-state index in [-0.39, 0.29) is 6.61 Å². The Balaban J connectivity index is 1.89. The maximum Gasteiger partial charge on any atom is 0.416 e. The molecule has 0 radical (unpaired) electrons. The molecule has 0 N–H and O–H groups in total.